The molecule has 13 heavy (non-hydrogen) atoms. The number of ether oxygens (including phenoxy) is 1. The molecule has 2 rings (SSSR count). The fraction of sp³-hybridized carbons (Fsp3) is 0.727. The monoisotopic (exact) mass is 180 g/mol. The summed E-state index contributed by atoms with van der Waals surface area (Å²) in [5.41, 5.74) is 0.662. The molecular weight excluding hydrogens is 164 g/mol. The maximum absolute atomic E-state index is 11.2. The molecule has 2 nitrogen and oxygen atoms in total. The van der Waals surface area contributed by atoms with E-state index < -0.39 is 0 Å². The zero-order chi connectivity index (χ0) is 9.42. The van der Waals surface area contributed by atoms with Crippen LogP contribution in [-0.4, -0.2) is 12.1 Å². The third kappa shape index (κ3) is 1.62. The van der Waals surface area contributed by atoms with E-state index in [9.17, 15) is 4.79 Å². The second kappa shape index (κ2) is 3.17. The molecular formula is C11H16O2. The number of rotatable bonds is 0. The molecule has 1 aliphatic carbocycles. The molecule has 3 unspecified atom stereocenters. The Hall–Kier alpha value is -0.790. The Kier molecular flexibility index (Phi) is 2.14. The summed E-state index contributed by atoms with van der Waals surface area (Å²) in [7, 11) is 0. The zero-order valence-corrected chi connectivity index (χ0v) is 8.08. The molecule has 0 radical (unpaired) electrons. The Bertz CT molecular complexity index is 244. The van der Waals surface area contributed by atoms with Gasteiger partial charge in [0.15, 0.2) is 0 Å². The summed E-state index contributed by atoms with van der Waals surface area (Å²) < 4.78 is 5.31. The number of carbonyl (C=O) groups excluding carboxylic acids is 1. The van der Waals surface area contributed by atoms with E-state index in [0.717, 1.165) is 18.8 Å². The Labute approximate surface area is 79.0 Å². The fourth-order valence-corrected chi connectivity index (χ4v) is 2.46. The molecule has 0 bridgehead atoms. The predicted molar refractivity (Wildman–Crippen MR) is 50.1 cm³/mol. The zero-order valence-electron chi connectivity index (χ0n) is 8.08. The summed E-state index contributed by atoms with van der Waals surface area (Å²) in [6.45, 7) is 6.01. The van der Waals surface area contributed by atoms with Gasteiger partial charge in [-0.15, -0.1) is 0 Å². The van der Waals surface area contributed by atoms with Gasteiger partial charge in [0.1, 0.15) is 6.10 Å². The molecule has 3 atom stereocenters. The highest BCUT2D eigenvalue weighted by Gasteiger charge is 2.36. The van der Waals surface area contributed by atoms with Gasteiger partial charge in [0.2, 0.25) is 0 Å². The lowest BCUT2D eigenvalue weighted by Gasteiger charge is -2.38. The summed E-state index contributed by atoms with van der Waals surface area (Å²) in [6.07, 6.45) is 4.48. The van der Waals surface area contributed by atoms with Crippen LogP contribution in [-0.2, 0) is 9.53 Å². The topological polar surface area (TPSA) is 26.3 Å². The third-order valence-corrected chi connectivity index (χ3v) is 3.23. The number of hydrogen-bond donors (Lipinski definition) is 0. The van der Waals surface area contributed by atoms with E-state index in [1.54, 1.807) is 0 Å². The van der Waals surface area contributed by atoms with Crippen LogP contribution in [0.25, 0.3) is 0 Å². The van der Waals surface area contributed by atoms with Crippen LogP contribution in [0.4, 0.5) is 0 Å². The largest absolute Gasteiger partial charge is 0.459 e. The smallest absolute Gasteiger partial charge is 0.333 e. The van der Waals surface area contributed by atoms with Gasteiger partial charge in [-0.3, -0.25) is 0 Å². The van der Waals surface area contributed by atoms with Gasteiger partial charge in [-0.25, -0.2) is 4.79 Å². The Balaban J connectivity index is 2.06. The molecule has 1 heterocycles. The number of esters is 1. The van der Waals surface area contributed by atoms with Crippen molar-refractivity contribution in [3.05, 3.63) is 12.2 Å². The van der Waals surface area contributed by atoms with E-state index in [-0.39, 0.29) is 12.1 Å². The second-order valence-corrected chi connectivity index (χ2v) is 4.43. The quantitative estimate of drug-likeness (QED) is 0.422. The molecule has 0 N–H and O–H groups in total. The van der Waals surface area contributed by atoms with Crippen molar-refractivity contribution >= 4 is 5.97 Å². The van der Waals surface area contributed by atoms with Gasteiger partial charge in [-0.1, -0.05) is 13.5 Å². The van der Waals surface area contributed by atoms with Crippen molar-refractivity contribution in [1.29, 1.82) is 0 Å². The fourth-order valence-electron chi connectivity index (χ4n) is 2.46. The van der Waals surface area contributed by atoms with Gasteiger partial charge < -0.3 is 4.74 Å². The summed E-state index contributed by atoms with van der Waals surface area (Å²) in [5, 5.41) is 0. The maximum atomic E-state index is 11.2. The Morgan fingerprint density at radius 1 is 1.46 bits per heavy atom. The standard InChI is InChI=1S/C11H16O2/c1-7-3-4-10-9(5-7)6-8(2)11(12)13-10/h7,9-10H,2-6H2,1H3. The predicted octanol–water partition coefficient (Wildman–Crippen LogP) is 2.29. The van der Waals surface area contributed by atoms with Gasteiger partial charge in [-0.2, -0.15) is 0 Å². The lowest BCUT2D eigenvalue weighted by atomic mass is 9.76. The molecule has 0 amide bonds. The summed E-state index contributed by atoms with van der Waals surface area (Å²) in [6, 6.07) is 0. The first-order chi connectivity index (χ1) is 6.16. The molecule has 2 heteroatoms. The molecule has 0 spiro atoms. The molecule has 1 saturated heterocycles. The second-order valence-electron chi connectivity index (χ2n) is 4.43. The highest BCUT2D eigenvalue weighted by atomic mass is 16.5. The third-order valence-electron chi connectivity index (χ3n) is 3.23. The highest BCUT2D eigenvalue weighted by Crippen LogP contribution is 2.37. The van der Waals surface area contributed by atoms with Crippen LogP contribution in [0.1, 0.15) is 32.6 Å². The molecule has 1 saturated carbocycles. The van der Waals surface area contributed by atoms with Crippen LogP contribution in [0, 0.1) is 11.8 Å². The van der Waals surface area contributed by atoms with Crippen molar-refractivity contribution in [2.75, 3.05) is 0 Å². The molecule has 0 aromatic heterocycles. The average molecular weight is 180 g/mol. The van der Waals surface area contributed by atoms with Gasteiger partial charge in [0, 0.05) is 11.5 Å². The molecule has 2 aliphatic rings. The minimum absolute atomic E-state index is 0.171. The minimum atomic E-state index is -0.171. The van der Waals surface area contributed by atoms with E-state index in [2.05, 4.69) is 13.5 Å². The first-order valence-electron chi connectivity index (χ1n) is 5.05. The summed E-state index contributed by atoms with van der Waals surface area (Å²) in [4.78, 5) is 11.2. The lowest BCUT2D eigenvalue weighted by molar-refractivity contribution is -0.154. The Morgan fingerprint density at radius 3 is 3.00 bits per heavy atom. The number of carbonyl (C=O) groups is 1. The van der Waals surface area contributed by atoms with Gasteiger partial charge in [-0.05, 0) is 31.6 Å². The van der Waals surface area contributed by atoms with E-state index in [1.807, 2.05) is 0 Å². The van der Waals surface area contributed by atoms with Crippen molar-refractivity contribution in [2.24, 2.45) is 11.8 Å². The summed E-state index contributed by atoms with van der Waals surface area (Å²) >= 11 is 0. The molecule has 2 fully saturated rings. The highest BCUT2D eigenvalue weighted by molar-refractivity contribution is 5.88. The van der Waals surface area contributed by atoms with Crippen molar-refractivity contribution < 1.29 is 9.53 Å². The first-order valence-corrected chi connectivity index (χ1v) is 5.05. The van der Waals surface area contributed by atoms with Crippen LogP contribution in [0.2, 0.25) is 0 Å². The van der Waals surface area contributed by atoms with E-state index in [4.69, 9.17) is 4.74 Å². The number of hydrogen-bond acceptors (Lipinski definition) is 2. The van der Waals surface area contributed by atoms with Crippen LogP contribution in [0.3, 0.4) is 0 Å². The van der Waals surface area contributed by atoms with Crippen molar-refractivity contribution in [1.82, 2.24) is 0 Å². The van der Waals surface area contributed by atoms with Crippen LogP contribution in [0.15, 0.2) is 12.2 Å². The molecule has 0 aromatic rings. The molecule has 72 valence electrons. The van der Waals surface area contributed by atoms with Crippen molar-refractivity contribution in [3.63, 3.8) is 0 Å². The maximum Gasteiger partial charge on any atom is 0.333 e. The van der Waals surface area contributed by atoms with Gasteiger partial charge >= 0.3 is 5.97 Å². The van der Waals surface area contributed by atoms with Crippen LogP contribution < -0.4 is 0 Å². The van der Waals surface area contributed by atoms with Gasteiger partial charge in [0.05, 0.1) is 0 Å². The SMILES string of the molecule is C=C1CC2CC(C)CCC2OC1=O. The minimum Gasteiger partial charge on any atom is -0.459 e. The van der Waals surface area contributed by atoms with Crippen LogP contribution in [0.5, 0.6) is 0 Å². The lowest BCUT2D eigenvalue weighted by Crippen LogP contribution is -2.37. The van der Waals surface area contributed by atoms with E-state index in [1.165, 1.54) is 12.8 Å². The van der Waals surface area contributed by atoms with E-state index >= 15 is 0 Å². The molecule has 1 aliphatic heterocycles. The average Bonchev–Trinajstić information content (AvgIpc) is 2.08. The number of fused-ring (bicyclic) bond motifs is 1. The molecule has 0 aromatic carbocycles. The van der Waals surface area contributed by atoms with Crippen molar-refractivity contribution in [3.8, 4) is 0 Å². The van der Waals surface area contributed by atoms with Crippen molar-refractivity contribution in [2.45, 2.75) is 38.7 Å². The van der Waals surface area contributed by atoms with E-state index in [0.29, 0.717) is 11.5 Å². The van der Waals surface area contributed by atoms with Crippen LogP contribution >= 0.6 is 0 Å². The Morgan fingerprint density at radius 2 is 2.23 bits per heavy atom. The normalized spacial score (nSPS) is 39.6. The first kappa shape index (κ1) is 8.79. The van der Waals surface area contributed by atoms with Gasteiger partial charge in [0.25, 0.3) is 0 Å². The summed E-state index contributed by atoms with van der Waals surface area (Å²) in [5.74, 6) is 1.16.